The van der Waals surface area contributed by atoms with Gasteiger partial charge in [-0.15, -0.1) is 0 Å². The van der Waals surface area contributed by atoms with Gasteiger partial charge in [0, 0.05) is 14.2 Å². The lowest BCUT2D eigenvalue weighted by molar-refractivity contribution is 0.279. The fourth-order valence-corrected chi connectivity index (χ4v) is 1.37. The predicted octanol–water partition coefficient (Wildman–Crippen LogP) is 2.05. The Kier molecular flexibility index (Phi) is 4.62. The highest BCUT2D eigenvalue weighted by molar-refractivity contribution is 7.54. The van der Waals surface area contributed by atoms with Crippen LogP contribution < -0.4 is 0 Å². The van der Waals surface area contributed by atoms with Gasteiger partial charge in [0.05, 0.1) is 6.16 Å². The standard InChI is InChI=1S/C6H13O3P/c1-4-5-6-10(7,8-2)9-3/h4-5H,6H2,1-3H3. The first-order valence-corrected chi connectivity index (χ1v) is 4.73. The first-order chi connectivity index (χ1) is 4.68. The quantitative estimate of drug-likeness (QED) is 0.471. The summed E-state index contributed by atoms with van der Waals surface area (Å²) < 4.78 is 20.6. The SMILES string of the molecule is CC=CCP(=O)(OC)OC. The van der Waals surface area contributed by atoms with E-state index in [1.54, 1.807) is 6.08 Å². The maximum Gasteiger partial charge on any atom is 0.333 e. The van der Waals surface area contributed by atoms with Gasteiger partial charge in [-0.25, -0.2) is 0 Å². The van der Waals surface area contributed by atoms with Crippen molar-refractivity contribution in [3.05, 3.63) is 12.2 Å². The fourth-order valence-electron chi connectivity index (χ4n) is 0.458. The minimum atomic E-state index is -2.78. The highest BCUT2D eigenvalue weighted by Crippen LogP contribution is 2.45. The van der Waals surface area contributed by atoms with Crippen LogP contribution in [0.5, 0.6) is 0 Å². The summed E-state index contributed by atoms with van der Waals surface area (Å²) in [6.45, 7) is 1.86. The van der Waals surface area contributed by atoms with Crippen molar-refractivity contribution in [2.24, 2.45) is 0 Å². The molecule has 0 aliphatic carbocycles. The molecule has 0 spiro atoms. The molecular formula is C6H13O3P. The van der Waals surface area contributed by atoms with Gasteiger partial charge in [0.2, 0.25) is 0 Å². The van der Waals surface area contributed by atoms with Gasteiger partial charge in [-0.05, 0) is 6.92 Å². The summed E-state index contributed by atoms with van der Waals surface area (Å²) in [7, 11) is -0.0190. The molecule has 0 heterocycles. The van der Waals surface area contributed by atoms with Crippen molar-refractivity contribution in [2.45, 2.75) is 6.92 Å². The molecule has 0 amide bonds. The Morgan fingerprint density at radius 1 is 1.40 bits per heavy atom. The Morgan fingerprint density at radius 3 is 2.20 bits per heavy atom. The molecule has 0 aromatic carbocycles. The van der Waals surface area contributed by atoms with Crippen molar-refractivity contribution in [3.8, 4) is 0 Å². The third-order valence-electron chi connectivity index (χ3n) is 1.12. The second kappa shape index (κ2) is 4.67. The Labute approximate surface area is 61.6 Å². The molecule has 0 aromatic heterocycles. The molecule has 0 unspecified atom stereocenters. The second-order valence-corrected chi connectivity index (χ2v) is 4.04. The van der Waals surface area contributed by atoms with Crippen LogP contribution in [0.1, 0.15) is 6.92 Å². The molecule has 0 fully saturated rings. The smallest absolute Gasteiger partial charge is 0.312 e. The van der Waals surface area contributed by atoms with Crippen molar-refractivity contribution in [3.63, 3.8) is 0 Å². The topological polar surface area (TPSA) is 35.5 Å². The summed E-state index contributed by atoms with van der Waals surface area (Å²) in [6, 6.07) is 0. The van der Waals surface area contributed by atoms with Gasteiger partial charge in [-0.2, -0.15) is 0 Å². The van der Waals surface area contributed by atoms with E-state index in [-0.39, 0.29) is 0 Å². The summed E-state index contributed by atoms with van der Waals surface area (Å²) in [4.78, 5) is 0. The van der Waals surface area contributed by atoms with E-state index in [1.807, 2.05) is 13.0 Å². The molecule has 0 aromatic rings. The van der Waals surface area contributed by atoms with Crippen LogP contribution in [0.3, 0.4) is 0 Å². The molecule has 0 bridgehead atoms. The number of allylic oxidation sites excluding steroid dienone is 2. The first kappa shape index (κ1) is 9.89. The third kappa shape index (κ3) is 3.16. The summed E-state index contributed by atoms with van der Waals surface area (Å²) in [5.74, 6) is 0. The largest absolute Gasteiger partial charge is 0.333 e. The summed E-state index contributed by atoms with van der Waals surface area (Å²) in [6.07, 6.45) is 3.91. The fraction of sp³-hybridized carbons (Fsp3) is 0.667. The predicted molar refractivity (Wildman–Crippen MR) is 41.3 cm³/mol. The molecule has 0 radical (unpaired) electrons. The summed E-state index contributed by atoms with van der Waals surface area (Å²) in [5.41, 5.74) is 0. The van der Waals surface area contributed by atoms with E-state index < -0.39 is 7.60 Å². The molecule has 0 aliphatic heterocycles. The van der Waals surface area contributed by atoms with Gasteiger partial charge in [0.1, 0.15) is 0 Å². The van der Waals surface area contributed by atoms with Gasteiger partial charge in [0.15, 0.2) is 0 Å². The molecule has 0 rings (SSSR count). The monoisotopic (exact) mass is 164 g/mol. The van der Waals surface area contributed by atoms with Crippen LogP contribution in [-0.2, 0) is 13.6 Å². The molecule has 0 saturated carbocycles. The normalized spacial score (nSPS) is 12.7. The Hall–Kier alpha value is -0.110. The second-order valence-electron chi connectivity index (χ2n) is 1.73. The molecular weight excluding hydrogens is 151 g/mol. The van der Waals surface area contributed by atoms with E-state index in [4.69, 9.17) is 0 Å². The zero-order valence-corrected chi connectivity index (χ0v) is 7.43. The van der Waals surface area contributed by atoms with Crippen LogP contribution in [0.15, 0.2) is 12.2 Å². The van der Waals surface area contributed by atoms with Crippen molar-refractivity contribution in [1.82, 2.24) is 0 Å². The maximum absolute atomic E-state index is 11.2. The van der Waals surface area contributed by atoms with Crippen molar-refractivity contribution in [2.75, 3.05) is 20.4 Å². The number of hydrogen-bond donors (Lipinski definition) is 0. The van der Waals surface area contributed by atoms with Crippen LogP contribution in [0, 0.1) is 0 Å². The first-order valence-electron chi connectivity index (χ1n) is 3.00. The molecule has 10 heavy (non-hydrogen) atoms. The highest BCUT2D eigenvalue weighted by atomic mass is 31.2. The lowest BCUT2D eigenvalue weighted by Gasteiger charge is -2.09. The van der Waals surface area contributed by atoms with E-state index in [1.165, 1.54) is 14.2 Å². The maximum atomic E-state index is 11.2. The third-order valence-corrected chi connectivity index (χ3v) is 2.89. The Balaban J connectivity index is 3.94. The van der Waals surface area contributed by atoms with Gasteiger partial charge in [-0.3, -0.25) is 4.57 Å². The van der Waals surface area contributed by atoms with Crippen molar-refractivity contribution < 1.29 is 13.6 Å². The number of hydrogen-bond acceptors (Lipinski definition) is 3. The average Bonchev–Trinajstić information content (AvgIpc) is 2.00. The van der Waals surface area contributed by atoms with E-state index in [0.29, 0.717) is 6.16 Å². The summed E-state index contributed by atoms with van der Waals surface area (Å²) >= 11 is 0. The molecule has 0 saturated heterocycles. The van der Waals surface area contributed by atoms with Gasteiger partial charge in [-0.1, -0.05) is 12.2 Å². The van der Waals surface area contributed by atoms with Crippen LogP contribution in [0.25, 0.3) is 0 Å². The number of rotatable bonds is 4. The molecule has 3 nitrogen and oxygen atoms in total. The van der Waals surface area contributed by atoms with E-state index in [0.717, 1.165) is 0 Å². The molecule has 4 heteroatoms. The van der Waals surface area contributed by atoms with Crippen LogP contribution in [-0.4, -0.2) is 20.4 Å². The van der Waals surface area contributed by atoms with E-state index >= 15 is 0 Å². The van der Waals surface area contributed by atoms with Gasteiger partial charge >= 0.3 is 7.60 Å². The molecule has 0 atom stereocenters. The zero-order chi connectivity index (χ0) is 8.04. The highest BCUT2D eigenvalue weighted by Gasteiger charge is 2.17. The Morgan fingerprint density at radius 2 is 1.90 bits per heavy atom. The molecule has 0 N–H and O–H groups in total. The van der Waals surface area contributed by atoms with Crippen LogP contribution in [0.4, 0.5) is 0 Å². The average molecular weight is 164 g/mol. The minimum Gasteiger partial charge on any atom is -0.312 e. The van der Waals surface area contributed by atoms with Crippen LogP contribution in [0.2, 0.25) is 0 Å². The van der Waals surface area contributed by atoms with E-state index in [2.05, 4.69) is 9.05 Å². The lowest BCUT2D eigenvalue weighted by Crippen LogP contribution is -1.90. The molecule has 0 aliphatic rings. The van der Waals surface area contributed by atoms with Crippen molar-refractivity contribution >= 4 is 7.60 Å². The van der Waals surface area contributed by atoms with Crippen molar-refractivity contribution in [1.29, 1.82) is 0 Å². The summed E-state index contributed by atoms with van der Waals surface area (Å²) in [5, 5.41) is 0. The van der Waals surface area contributed by atoms with Crippen LogP contribution >= 0.6 is 7.60 Å². The van der Waals surface area contributed by atoms with Gasteiger partial charge < -0.3 is 9.05 Å². The zero-order valence-electron chi connectivity index (χ0n) is 6.53. The lowest BCUT2D eigenvalue weighted by atomic mass is 10.6. The molecule has 60 valence electrons. The van der Waals surface area contributed by atoms with E-state index in [9.17, 15) is 4.57 Å². The van der Waals surface area contributed by atoms with Gasteiger partial charge in [0.25, 0.3) is 0 Å². The Bertz CT molecular complexity index is 145. The minimum absolute atomic E-state index is 0.344.